The first-order valence-electron chi connectivity index (χ1n) is 7.70. The third-order valence-electron chi connectivity index (χ3n) is 3.68. The molecule has 8 nitrogen and oxygen atoms in total. The van der Waals surface area contributed by atoms with Gasteiger partial charge in [-0.2, -0.15) is 0 Å². The normalized spacial score (nSPS) is 29.1. The zero-order valence-corrected chi connectivity index (χ0v) is 14.1. The summed E-state index contributed by atoms with van der Waals surface area (Å²) in [5.74, 6) is -0.0193. The number of rotatable bonds is 6. The van der Waals surface area contributed by atoms with Crippen LogP contribution in [0.4, 0.5) is 0 Å². The summed E-state index contributed by atoms with van der Waals surface area (Å²) in [6.07, 6.45) is 7.19. The van der Waals surface area contributed by atoms with Crippen LogP contribution in [0, 0.1) is 0 Å². The number of fused-ring (bicyclic) bond motifs is 1. The minimum atomic E-state index is -0.545. The van der Waals surface area contributed by atoms with Crippen molar-refractivity contribution in [1.29, 1.82) is 0 Å². The molecule has 2 heterocycles. The molecule has 0 aromatic rings. The van der Waals surface area contributed by atoms with Crippen LogP contribution in [0.15, 0.2) is 45.3 Å². The second kappa shape index (κ2) is 7.20. The quantitative estimate of drug-likeness (QED) is 0.425. The number of amides is 1. The predicted molar refractivity (Wildman–Crippen MR) is 97.3 cm³/mol. The lowest BCUT2D eigenvalue weighted by Gasteiger charge is -2.27. The fourth-order valence-corrected chi connectivity index (χ4v) is 3.36. The molecule has 0 radical (unpaired) electrons. The third kappa shape index (κ3) is 3.86. The van der Waals surface area contributed by atoms with Gasteiger partial charge in [0, 0.05) is 24.5 Å². The summed E-state index contributed by atoms with van der Waals surface area (Å²) in [7, 11) is 0. The molecule has 3 unspecified atom stereocenters. The van der Waals surface area contributed by atoms with E-state index in [2.05, 4.69) is 32.0 Å². The van der Waals surface area contributed by atoms with Crippen LogP contribution in [0.5, 0.6) is 0 Å². The Kier molecular flexibility index (Phi) is 5.03. The van der Waals surface area contributed by atoms with Crippen LogP contribution in [0.2, 0.25) is 0 Å². The second-order valence-electron chi connectivity index (χ2n) is 5.82. The van der Waals surface area contributed by atoms with Gasteiger partial charge < -0.3 is 22.1 Å². The molecule has 3 rings (SSSR count). The van der Waals surface area contributed by atoms with Crippen LogP contribution in [-0.2, 0) is 4.79 Å². The van der Waals surface area contributed by atoms with E-state index < -0.39 is 5.91 Å². The van der Waals surface area contributed by atoms with Crippen LogP contribution in [-0.4, -0.2) is 47.8 Å². The summed E-state index contributed by atoms with van der Waals surface area (Å²) < 4.78 is 0. The summed E-state index contributed by atoms with van der Waals surface area (Å²) in [6.45, 7) is 2.49. The standard InChI is InChI=1S/C15H21N7OS/c1-8(16)5-18-15-19-6-10(13(17)23)14(22-15)21-9-2-3-11-12(4-9)24-7-20-11/h2-4,6-8,11-12,15,18,21-22H,5,16H2,1H3,(H2,17,23)/t8-,11?,12?,15?/m0/s1. The Bertz CT molecular complexity index is 665. The maximum Gasteiger partial charge on any atom is 0.253 e. The van der Waals surface area contributed by atoms with Crippen molar-refractivity contribution >= 4 is 29.4 Å². The SMILES string of the molecule is C[C@H](N)CNC1N=CC(C(N)=O)=C(NC2=CC3SC=NC3C=C2)N1. The number of carbonyl (C=O) groups is 1. The van der Waals surface area contributed by atoms with Gasteiger partial charge in [0.2, 0.25) is 0 Å². The molecule has 7 N–H and O–H groups in total. The summed E-state index contributed by atoms with van der Waals surface area (Å²) in [6, 6.07) is 0.187. The lowest BCUT2D eigenvalue weighted by atomic mass is 10.1. The fourth-order valence-electron chi connectivity index (χ4n) is 2.46. The zero-order chi connectivity index (χ0) is 17.1. The van der Waals surface area contributed by atoms with Crippen LogP contribution in [0.25, 0.3) is 0 Å². The molecule has 0 saturated carbocycles. The molecule has 0 aromatic carbocycles. The number of aliphatic imine (C=N–C) groups is 2. The highest BCUT2D eigenvalue weighted by molar-refractivity contribution is 8.13. The molecule has 3 aliphatic rings. The van der Waals surface area contributed by atoms with Crippen LogP contribution >= 0.6 is 11.8 Å². The number of nitrogens with one attached hydrogen (secondary N) is 3. The molecule has 0 bridgehead atoms. The Labute approximate surface area is 144 Å². The van der Waals surface area contributed by atoms with E-state index in [9.17, 15) is 4.79 Å². The number of nitrogens with zero attached hydrogens (tertiary/aromatic N) is 2. The predicted octanol–water partition coefficient (Wildman–Crippen LogP) is -0.867. The Balaban J connectivity index is 1.72. The van der Waals surface area contributed by atoms with Crippen molar-refractivity contribution in [3.8, 4) is 0 Å². The van der Waals surface area contributed by atoms with Gasteiger partial charge in [0.1, 0.15) is 5.82 Å². The minimum absolute atomic E-state index is 0.000220. The summed E-state index contributed by atoms with van der Waals surface area (Å²) in [5.41, 5.74) is 14.2. The largest absolute Gasteiger partial charge is 0.365 e. The molecule has 128 valence electrons. The first-order chi connectivity index (χ1) is 11.5. The molecule has 0 saturated heterocycles. The van der Waals surface area contributed by atoms with E-state index in [1.165, 1.54) is 6.21 Å². The number of allylic oxidation sites excluding steroid dienone is 1. The number of nitrogens with two attached hydrogens (primary N) is 2. The Morgan fingerprint density at radius 2 is 2.33 bits per heavy atom. The first kappa shape index (κ1) is 16.7. The Morgan fingerprint density at radius 3 is 3.08 bits per heavy atom. The average molecular weight is 347 g/mol. The Hall–Kier alpha value is -2.10. The fraction of sp³-hybridized carbons (Fsp3) is 0.400. The highest BCUT2D eigenvalue weighted by atomic mass is 32.2. The van der Waals surface area contributed by atoms with Gasteiger partial charge in [0.05, 0.1) is 22.4 Å². The lowest BCUT2D eigenvalue weighted by molar-refractivity contribution is -0.114. The molecule has 0 aromatic heterocycles. The van der Waals surface area contributed by atoms with E-state index in [-0.39, 0.29) is 23.6 Å². The lowest BCUT2D eigenvalue weighted by Crippen LogP contribution is -2.49. The van der Waals surface area contributed by atoms with Crippen LogP contribution < -0.4 is 27.4 Å². The second-order valence-corrected chi connectivity index (χ2v) is 6.84. The van der Waals surface area contributed by atoms with E-state index in [0.29, 0.717) is 17.9 Å². The van der Waals surface area contributed by atoms with Crippen molar-refractivity contribution in [3.05, 3.63) is 35.3 Å². The first-order valence-corrected chi connectivity index (χ1v) is 8.64. The van der Waals surface area contributed by atoms with Crippen molar-refractivity contribution in [2.45, 2.75) is 30.5 Å². The van der Waals surface area contributed by atoms with Gasteiger partial charge in [0.15, 0.2) is 6.29 Å². The topological polar surface area (TPSA) is 130 Å². The molecule has 2 aliphatic heterocycles. The van der Waals surface area contributed by atoms with Crippen LogP contribution in [0.1, 0.15) is 6.92 Å². The minimum Gasteiger partial charge on any atom is -0.365 e. The summed E-state index contributed by atoms with van der Waals surface area (Å²) in [4.78, 5) is 20.3. The molecule has 9 heteroatoms. The van der Waals surface area contributed by atoms with E-state index in [1.54, 1.807) is 11.8 Å². The monoisotopic (exact) mass is 347 g/mol. The highest BCUT2D eigenvalue weighted by Gasteiger charge is 2.25. The van der Waals surface area contributed by atoms with Crippen molar-refractivity contribution in [3.63, 3.8) is 0 Å². The van der Waals surface area contributed by atoms with Crippen molar-refractivity contribution < 1.29 is 4.79 Å². The van der Waals surface area contributed by atoms with Gasteiger partial charge in [-0.25, -0.2) is 0 Å². The van der Waals surface area contributed by atoms with Gasteiger partial charge >= 0.3 is 0 Å². The number of thioether (sulfide) groups is 1. The van der Waals surface area contributed by atoms with E-state index in [0.717, 1.165) is 5.70 Å². The molecular weight excluding hydrogens is 326 g/mol. The van der Waals surface area contributed by atoms with Gasteiger partial charge in [0.25, 0.3) is 5.91 Å². The van der Waals surface area contributed by atoms with Gasteiger partial charge in [-0.1, -0.05) is 6.08 Å². The van der Waals surface area contributed by atoms with Crippen molar-refractivity contribution in [2.75, 3.05) is 6.54 Å². The zero-order valence-electron chi connectivity index (χ0n) is 13.3. The number of carbonyl (C=O) groups excluding carboxylic acids is 1. The van der Waals surface area contributed by atoms with Gasteiger partial charge in [-0.3, -0.25) is 20.1 Å². The highest BCUT2D eigenvalue weighted by Crippen LogP contribution is 2.28. The van der Waals surface area contributed by atoms with E-state index >= 15 is 0 Å². The summed E-state index contributed by atoms with van der Waals surface area (Å²) in [5, 5.41) is 9.81. The maximum atomic E-state index is 11.7. The third-order valence-corrected chi connectivity index (χ3v) is 4.65. The van der Waals surface area contributed by atoms with E-state index in [4.69, 9.17) is 11.5 Å². The molecule has 0 fully saturated rings. The molecule has 1 aliphatic carbocycles. The molecule has 4 atom stereocenters. The average Bonchev–Trinajstić information content (AvgIpc) is 3.00. The smallest absolute Gasteiger partial charge is 0.253 e. The van der Waals surface area contributed by atoms with Crippen LogP contribution in [0.3, 0.4) is 0 Å². The number of hydrogen-bond acceptors (Lipinski definition) is 8. The van der Waals surface area contributed by atoms with E-state index in [1.807, 2.05) is 24.6 Å². The van der Waals surface area contributed by atoms with Gasteiger partial charge in [-0.15, -0.1) is 11.8 Å². The maximum absolute atomic E-state index is 11.7. The van der Waals surface area contributed by atoms with Crippen molar-refractivity contribution in [1.82, 2.24) is 16.0 Å². The molecule has 1 amide bonds. The molecule has 0 spiro atoms. The summed E-state index contributed by atoms with van der Waals surface area (Å²) >= 11 is 1.67. The number of hydrogen-bond donors (Lipinski definition) is 5. The number of primary amides is 1. The molecule has 24 heavy (non-hydrogen) atoms. The molecular formula is C15H21N7OS. The Morgan fingerprint density at radius 1 is 1.50 bits per heavy atom. The van der Waals surface area contributed by atoms with Crippen molar-refractivity contribution in [2.24, 2.45) is 21.5 Å². The van der Waals surface area contributed by atoms with Gasteiger partial charge in [-0.05, 0) is 19.1 Å².